The third-order valence-electron chi connectivity index (χ3n) is 2.94. The maximum atomic E-state index is 12.0. The molecule has 0 heterocycles. The fourth-order valence-corrected chi connectivity index (χ4v) is 2.95. The standard InChI is InChI=1S/C15H17NO2S/c1-13-7-5-6-10-15(13)11-16-19(17,18)12-14-8-3-2-4-9-14/h2-10,16H,11-12H2,1H3. The molecule has 0 amide bonds. The SMILES string of the molecule is Cc1ccccc1CNS(=O)(=O)Cc1ccccc1. The first-order valence-corrected chi connectivity index (χ1v) is 7.78. The van der Waals surface area contributed by atoms with Gasteiger partial charge in [0, 0.05) is 6.54 Å². The van der Waals surface area contributed by atoms with Crippen LogP contribution in [0.4, 0.5) is 0 Å². The molecule has 0 saturated heterocycles. The summed E-state index contributed by atoms with van der Waals surface area (Å²) in [6, 6.07) is 16.9. The van der Waals surface area contributed by atoms with Gasteiger partial charge in [0.15, 0.2) is 0 Å². The maximum Gasteiger partial charge on any atom is 0.216 e. The quantitative estimate of drug-likeness (QED) is 0.911. The number of sulfonamides is 1. The number of benzene rings is 2. The fourth-order valence-electron chi connectivity index (χ4n) is 1.84. The summed E-state index contributed by atoms with van der Waals surface area (Å²) in [6.07, 6.45) is 0. The topological polar surface area (TPSA) is 46.2 Å². The summed E-state index contributed by atoms with van der Waals surface area (Å²) in [4.78, 5) is 0. The van der Waals surface area contributed by atoms with Crippen LogP contribution in [-0.4, -0.2) is 8.42 Å². The van der Waals surface area contributed by atoms with Gasteiger partial charge in [-0.3, -0.25) is 0 Å². The van der Waals surface area contributed by atoms with Crippen LogP contribution in [0.25, 0.3) is 0 Å². The van der Waals surface area contributed by atoms with Crippen molar-refractivity contribution in [2.45, 2.75) is 19.2 Å². The summed E-state index contributed by atoms with van der Waals surface area (Å²) in [7, 11) is -3.30. The molecule has 0 aliphatic carbocycles. The van der Waals surface area contributed by atoms with Crippen LogP contribution in [0.5, 0.6) is 0 Å². The van der Waals surface area contributed by atoms with Crippen molar-refractivity contribution in [3.05, 3.63) is 71.3 Å². The number of nitrogens with one attached hydrogen (secondary N) is 1. The lowest BCUT2D eigenvalue weighted by molar-refractivity contribution is 0.580. The van der Waals surface area contributed by atoms with Gasteiger partial charge < -0.3 is 0 Å². The van der Waals surface area contributed by atoms with E-state index < -0.39 is 10.0 Å². The second-order valence-corrected chi connectivity index (χ2v) is 6.30. The monoisotopic (exact) mass is 275 g/mol. The smallest absolute Gasteiger partial charge is 0.212 e. The Kier molecular flexibility index (Phi) is 4.35. The average molecular weight is 275 g/mol. The average Bonchev–Trinajstić information content (AvgIpc) is 2.38. The number of rotatable bonds is 5. The molecule has 0 atom stereocenters. The third-order valence-corrected chi connectivity index (χ3v) is 4.24. The fraction of sp³-hybridized carbons (Fsp3) is 0.200. The van der Waals surface area contributed by atoms with Crippen molar-refractivity contribution in [1.29, 1.82) is 0 Å². The van der Waals surface area contributed by atoms with E-state index >= 15 is 0 Å². The minimum absolute atomic E-state index is 0.0136. The molecule has 0 radical (unpaired) electrons. The highest BCUT2D eigenvalue weighted by Gasteiger charge is 2.11. The first-order chi connectivity index (χ1) is 9.07. The second-order valence-electron chi connectivity index (χ2n) is 4.49. The van der Waals surface area contributed by atoms with Crippen molar-refractivity contribution in [3.8, 4) is 0 Å². The van der Waals surface area contributed by atoms with E-state index in [9.17, 15) is 8.42 Å². The Balaban J connectivity index is 2.01. The zero-order valence-corrected chi connectivity index (χ0v) is 11.7. The van der Waals surface area contributed by atoms with E-state index in [1.54, 1.807) is 0 Å². The van der Waals surface area contributed by atoms with Crippen molar-refractivity contribution < 1.29 is 8.42 Å². The van der Waals surface area contributed by atoms with Crippen molar-refractivity contribution in [2.75, 3.05) is 0 Å². The summed E-state index contributed by atoms with van der Waals surface area (Å²) in [5.74, 6) is 0.0136. The van der Waals surface area contributed by atoms with E-state index in [1.807, 2.05) is 61.5 Å². The van der Waals surface area contributed by atoms with Gasteiger partial charge in [-0.15, -0.1) is 0 Å². The summed E-state index contributed by atoms with van der Waals surface area (Å²) >= 11 is 0. The van der Waals surface area contributed by atoms with E-state index in [1.165, 1.54) is 0 Å². The Hall–Kier alpha value is -1.65. The lowest BCUT2D eigenvalue weighted by Gasteiger charge is -2.08. The Morgan fingerprint density at radius 3 is 2.26 bits per heavy atom. The molecule has 0 saturated carbocycles. The zero-order chi connectivity index (χ0) is 13.7. The van der Waals surface area contributed by atoms with Crippen LogP contribution in [-0.2, 0) is 22.3 Å². The van der Waals surface area contributed by atoms with Gasteiger partial charge in [-0.05, 0) is 23.6 Å². The predicted octanol–water partition coefficient (Wildman–Crippen LogP) is 2.61. The third kappa shape index (κ3) is 4.19. The van der Waals surface area contributed by atoms with Gasteiger partial charge in [0.25, 0.3) is 0 Å². The first kappa shape index (κ1) is 13.8. The van der Waals surface area contributed by atoms with Crippen LogP contribution in [0.15, 0.2) is 54.6 Å². The minimum atomic E-state index is -3.30. The lowest BCUT2D eigenvalue weighted by atomic mass is 10.1. The van der Waals surface area contributed by atoms with Gasteiger partial charge in [0.1, 0.15) is 0 Å². The van der Waals surface area contributed by atoms with Gasteiger partial charge in [0.05, 0.1) is 5.75 Å². The Bertz CT molecular complexity index is 636. The minimum Gasteiger partial charge on any atom is -0.212 e. The predicted molar refractivity (Wildman–Crippen MR) is 77.1 cm³/mol. The van der Waals surface area contributed by atoms with E-state index in [4.69, 9.17) is 0 Å². The summed E-state index contributed by atoms with van der Waals surface area (Å²) < 4.78 is 26.6. The largest absolute Gasteiger partial charge is 0.216 e. The van der Waals surface area contributed by atoms with Crippen molar-refractivity contribution in [3.63, 3.8) is 0 Å². The molecule has 0 bridgehead atoms. The molecule has 0 unspecified atom stereocenters. The van der Waals surface area contributed by atoms with Crippen LogP contribution in [0, 0.1) is 6.92 Å². The molecule has 0 aromatic heterocycles. The van der Waals surface area contributed by atoms with Crippen LogP contribution < -0.4 is 4.72 Å². The Labute approximate surface area is 114 Å². The normalized spacial score (nSPS) is 11.4. The van der Waals surface area contributed by atoms with Crippen LogP contribution in [0.1, 0.15) is 16.7 Å². The Morgan fingerprint density at radius 2 is 1.58 bits per heavy atom. The molecule has 3 nitrogen and oxygen atoms in total. The van der Waals surface area contributed by atoms with Gasteiger partial charge >= 0.3 is 0 Å². The molecule has 19 heavy (non-hydrogen) atoms. The van der Waals surface area contributed by atoms with E-state index in [0.717, 1.165) is 16.7 Å². The molecule has 1 N–H and O–H groups in total. The molecule has 0 aliphatic rings. The number of hydrogen-bond donors (Lipinski definition) is 1. The second kappa shape index (κ2) is 5.99. The van der Waals surface area contributed by atoms with Crippen molar-refractivity contribution in [2.24, 2.45) is 0 Å². The van der Waals surface area contributed by atoms with Gasteiger partial charge in [-0.25, -0.2) is 13.1 Å². The van der Waals surface area contributed by atoms with E-state index in [2.05, 4.69) is 4.72 Å². The molecule has 0 aliphatic heterocycles. The highest BCUT2D eigenvalue weighted by Crippen LogP contribution is 2.08. The molecule has 2 aromatic carbocycles. The van der Waals surface area contributed by atoms with Crippen LogP contribution in [0.2, 0.25) is 0 Å². The molecular formula is C15H17NO2S. The van der Waals surface area contributed by atoms with E-state index in [-0.39, 0.29) is 5.75 Å². The Morgan fingerprint density at radius 1 is 0.947 bits per heavy atom. The molecule has 2 aromatic rings. The van der Waals surface area contributed by atoms with Crippen molar-refractivity contribution in [1.82, 2.24) is 4.72 Å². The van der Waals surface area contributed by atoms with Crippen molar-refractivity contribution >= 4 is 10.0 Å². The maximum absolute atomic E-state index is 12.0. The van der Waals surface area contributed by atoms with Crippen LogP contribution >= 0.6 is 0 Å². The first-order valence-electron chi connectivity index (χ1n) is 6.12. The molecular weight excluding hydrogens is 258 g/mol. The molecule has 0 spiro atoms. The highest BCUT2D eigenvalue weighted by molar-refractivity contribution is 7.88. The van der Waals surface area contributed by atoms with E-state index in [0.29, 0.717) is 6.54 Å². The zero-order valence-electron chi connectivity index (χ0n) is 10.8. The summed E-state index contributed by atoms with van der Waals surface area (Å²) in [5, 5.41) is 0. The van der Waals surface area contributed by atoms with Gasteiger partial charge in [-0.2, -0.15) is 0 Å². The molecule has 100 valence electrons. The number of aryl methyl sites for hydroxylation is 1. The molecule has 0 fully saturated rings. The summed E-state index contributed by atoms with van der Waals surface area (Å²) in [5.41, 5.74) is 2.88. The molecule has 2 rings (SSSR count). The van der Waals surface area contributed by atoms with Gasteiger partial charge in [-0.1, -0.05) is 54.6 Å². The van der Waals surface area contributed by atoms with Crippen LogP contribution in [0.3, 0.4) is 0 Å². The lowest BCUT2D eigenvalue weighted by Crippen LogP contribution is -2.25. The van der Waals surface area contributed by atoms with Gasteiger partial charge in [0.2, 0.25) is 10.0 Å². The highest BCUT2D eigenvalue weighted by atomic mass is 32.2. The number of hydrogen-bond acceptors (Lipinski definition) is 2. The summed E-state index contributed by atoms with van der Waals surface area (Å²) in [6.45, 7) is 2.31. The molecule has 4 heteroatoms.